The quantitative estimate of drug-likeness (QED) is 0.469. The summed E-state index contributed by atoms with van der Waals surface area (Å²) in [7, 11) is -3.20. The molecule has 3 aromatic rings. The van der Waals surface area contributed by atoms with Crippen molar-refractivity contribution in [3.8, 4) is 11.1 Å². The van der Waals surface area contributed by atoms with Crippen molar-refractivity contribution in [1.29, 1.82) is 0 Å². The van der Waals surface area contributed by atoms with Gasteiger partial charge in [-0.1, -0.05) is 80.1 Å². The maximum absolute atomic E-state index is 12.1. The van der Waals surface area contributed by atoms with Crippen LogP contribution in [0, 0.1) is 0 Å². The van der Waals surface area contributed by atoms with E-state index in [0.717, 1.165) is 42.4 Å². The van der Waals surface area contributed by atoms with E-state index in [2.05, 4.69) is 12.1 Å². The zero-order valence-electron chi connectivity index (χ0n) is 16.8. The number of sulfone groups is 1. The Morgan fingerprint density at radius 3 is 2.24 bits per heavy atom. The predicted molar refractivity (Wildman–Crippen MR) is 119 cm³/mol. The highest BCUT2D eigenvalue weighted by molar-refractivity contribution is 7.91. The van der Waals surface area contributed by atoms with Gasteiger partial charge in [0, 0.05) is 0 Å². The predicted octanol–water partition coefficient (Wildman–Crippen LogP) is 5.59. The van der Waals surface area contributed by atoms with Crippen LogP contribution in [0.4, 0.5) is 0 Å². The molecule has 0 spiro atoms. The molecule has 0 aliphatic carbocycles. The van der Waals surface area contributed by atoms with Crippen LogP contribution in [-0.4, -0.2) is 19.3 Å². The van der Waals surface area contributed by atoms with Gasteiger partial charge in [-0.2, -0.15) is 0 Å². The van der Waals surface area contributed by atoms with E-state index in [-0.39, 0.29) is 5.75 Å². The molecule has 0 heterocycles. The Kier molecular flexibility index (Phi) is 7.24. The van der Waals surface area contributed by atoms with E-state index in [0.29, 0.717) is 4.90 Å². The number of aryl methyl sites for hydroxylation is 1. The van der Waals surface area contributed by atoms with Gasteiger partial charge < -0.3 is 5.11 Å². The summed E-state index contributed by atoms with van der Waals surface area (Å²) in [6, 6.07) is 25.2. The van der Waals surface area contributed by atoms with Crippen molar-refractivity contribution in [3.05, 3.63) is 90.0 Å². The first-order chi connectivity index (χ1) is 14.0. The molecule has 3 nitrogen and oxygen atoms in total. The lowest BCUT2D eigenvalue weighted by Crippen LogP contribution is -2.03. The lowest BCUT2D eigenvalue weighted by Gasteiger charge is -2.11. The molecule has 0 saturated carbocycles. The van der Waals surface area contributed by atoms with Gasteiger partial charge in [-0.15, -0.1) is 0 Å². The minimum atomic E-state index is -3.20. The molecule has 1 unspecified atom stereocenters. The molecule has 1 atom stereocenters. The third-order valence-electron chi connectivity index (χ3n) is 5.24. The van der Waals surface area contributed by atoms with Crippen molar-refractivity contribution in [2.45, 2.75) is 43.6 Å². The molecule has 0 bridgehead atoms. The Bertz CT molecular complexity index is 1010. The van der Waals surface area contributed by atoms with Crippen LogP contribution in [0.5, 0.6) is 0 Å². The summed E-state index contributed by atoms with van der Waals surface area (Å²) >= 11 is 0. The summed E-state index contributed by atoms with van der Waals surface area (Å²) in [5.41, 5.74) is 4.16. The van der Waals surface area contributed by atoms with Gasteiger partial charge in [-0.25, -0.2) is 8.42 Å². The summed E-state index contributed by atoms with van der Waals surface area (Å²) in [4.78, 5) is 0.374. The largest absolute Gasteiger partial charge is 0.388 e. The van der Waals surface area contributed by atoms with Crippen LogP contribution in [0.1, 0.15) is 43.4 Å². The van der Waals surface area contributed by atoms with Gasteiger partial charge in [0.25, 0.3) is 0 Å². The molecular formula is C25H28O3S. The molecule has 0 aliphatic rings. The number of aliphatic hydroxyl groups excluding tert-OH is 1. The van der Waals surface area contributed by atoms with E-state index in [1.54, 1.807) is 25.1 Å². The normalized spacial score (nSPS) is 12.6. The van der Waals surface area contributed by atoms with Crippen LogP contribution in [0.15, 0.2) is 83.8 Å². The maximum atomic E-state index is 12.1. The SMILES string of the molecule is CCS(=O)(=O)c1cccc(-c2ccc(CCCCC(O)c3ccccc3)cc2)c1. The van der Waals surface area contributed by atoms with Gasteiger partial charge in [0.2, 0.25) is 0 Å². The second-order valence-corrected chi connectivity index (χ2v) is 9.58. The molecule has 3 rings (SSSR count). The van der Waals surface area contributed by atoms with E-state index >= 15 is 0 Å². The lowest BCUT2D eigenvalue weighted by molar-refractivity contribution is 0.163. The maximum Gasteiger partial charge on any atom is 0.178 e. The summed E-state index contributed by atoms with van der Waals surface area (Å²) in [5.74, 6) is 0.106. The first kappa shape index (κ1) is 21.3. The van der Waals surface area contributed by atoms with Crippen LogP contribution in [0.2, 0.25) is 0 Å². The Labute approximate surface area is 174 Å². The first-order valence-corrected chi connectivity index (χ1v) is 11.8. The van der Waals surface area contributed by atoms with Crippen LogP contribution >= 0.6 is 0 Å². The van der Waals surface area contributed by atoms with Crippen molar-refractivity contribution < 1.29 is 13.5 Å². The average molecular weight is 409 g/mol. The molecular weight excluding hydrogens is 380 g/mol. The van der Waals surface area contributed by atoms with E-state index in [4.69, 9.17) is 0 Å². The second-order valence-electron chi connectivity index (χ2n) is 7.30. The fourth-order valence-corrected chi connectivity index (χ4v) is 4.33. The number of hydrogen-bond donors (Lipinski definition) is 1. The van der Waals surface area contributed by atoms with Gasteiger partial charge in [0.15, 0.2) is 9.84 Å². The molecule has 4 heteroatoms. The van der Waals surface area contributed by atoms with E-state index in [1.165, 1.54) is 5.56 Å². The van der Waals surface area contributed by atoms with Crippen molar-refractivity contribution >= 4 is 9.84 Å². The number of rotatable bonds is 9. The third-order valence-corrected chi connectivity index (χ3v) is 6.97. The van der Waals surface area contributed by atoms with Crippen LogP contribution < -0.4 is 0 Å². The van der Waals surface area contributed by atoms with Crippen LogP contribution in [0.25, 0.3) is 11.1 Å². The first-order valence-electron chi connectivity index (χ1n) is 10.1. The minimum absolute atomic E-state index is 0.106. The molecule has 0 radical (unpaired) electrons. The van der Waals surface area contributed by atoms with Gasteiger partial charge in [0.1, 0.15) is 0 Å². The van der Waals surface area contributed by atoms with Gasteiger partial charge in [-0.05, 0) is 53.6 Å². The molecule has 29 heavy (non-hydrogen) atoms. The Morgan fingerprint density at radius 1 is 0.828 bits per heavy atom. The number of hydrogen-bond acceptors (Lipinski definition) is 3. The summed E-state index contributed by atoms with van der Waals surface area (Å²) in [6.45, 7) is 1.66. The highest BCUT2D eigenvalue weighted by atomic mass is 32.2. The zero-order valence-corrected chi connectivity index (χ0v) is 17.6. The Morgan fingerprint density at radius 2 is 1.55 bits per heavy atom. The van der Waals surface area contributed by atoms with Crippen molar-refractivity contribution in [1.82, 2.24) is 0 Å². The van der Waals surface area contributed by atoms with Gasteiger partial charge in [-0.3, -0.25) is 0 Å². The smallest absolute Gasteiger partial charge is 0.178 e. The number of aliphatic hydroxyl groups is 1. The molecule has 152 valence electrons. The standard InChI is InChI=1S/C25H28O3S/c1-2-29(27,28)24-13-8-12-23(19-24)21-17-15-20(16-18-21)9-6-7-14-25(26)22-10-4-3-5-11-22/h3-5,8,10-13,15-19,25-26H,2,6-7,9,14H2,1H3. The minimum Gasteiger partial charge on any atom is -0.388 e. The molecule has 0 amide bonds. The Balaban J connectivity index is 1.55. The molecule has 0 aliphatic heterocycles. The van der Waals surface area contributed by atoms with Crippen LogP contribution in [0.3, 0.4) is 0 Å². The molecule has 3 aromatic carbocycles. The average Bonchev–Trinajstić information content (AvgIpc) is 2.77. The fourth-order valence-electron chi connectivity index (χ4n) is 3.41. The molecule has 1 N–H and O–H groups in total. The van der Waals surface area contributed by atoms with Crippen molar-refractivity contribution in [2.75, 3.05) is 5.75 Å². The fraction of sp³-hybridized carbons (Fsp3) is 0.280. The van der Waals surface area contributed by atoms with Crippen molar-refractivity contribution in [3.63, 3.8) is 0 Å². The number of unbranched alkanes of at least 4 members (excludes halogenated alkanes) is 1. The van der Waals surface area contributed by atoms with Gasteiger partial charge in [0.05, 0.1) is 16.8 Å². The number of benzene rings is 3. The van der Waals surface area contributed by atoms with Crippen molar-refractivity contribution in [2.24, 2.45) is 0 Å². The highest BCUT2D eigenvalue weighted by Crippen LogP contribution is 2.24. The molecule has 0 fully saturated rings. The monoisotopic (exact) mass is 408 g/mol. The summed E-state index contributed by atoms with van der Waals surface area (Å²) < 4.78 is 24.2. The van der Waals surface area contributed by atoms with E-state index < -0.39 is 15.9 Å². The zero-order chi connectivity index (χ0) is 20.7. The Hall–Kier alpha value is -2.43. The summed E-state index contributed by atoms with van der Waals surface area (Å²) in [6.07, 6.45) is 3.32. The van der Waals surface area contributed by atoms with E-state index in [9.17, 15) is 13.5 Å². The summed E-state index contributed by atoms with van der Waals surface area (Å²) in [5, 5.41) is 10.2. The van der Waals surface area contributed by atoms with Gasteiger partial charge >= 0.3 is 0 Å². The molecule has 0 aromatic heterocycles. The highest BCUT2D eigenvalue weighted by Gasteiger charge is 2.12. The lowest BCUT2D eigenvalue weighted by atomic mass is 9.99. The molecule has 0 saturated heterocycles. The third kappa shape index (κ3) is 5.78. The van der Waals surface area contributed by atoms with Crippen LogP contribution in [-0.2, 0) is 16.3 Å². The van der Waals surface area contributed by atoms with E-state index in [1.807, 2.05) is 48.5 Å². The second kappa shape index (κ2) is 9.86. The topological polar surface area (TPSA) is 54.4 Å².